The highest BCUT2D eigenvalue weighted by molar-refractivity contribution is 6.05. The van der Waals surface area contributed by atoms with Crippen LogP contribution in [-0.4, -0.2) is 25.0 Å². The third-order valence-electron chi connectivity index (χ3n) is 3.71. The Morgan fingerprint density at radius 3 is 2.71 bits per heavy atom. The van der Waals surface area contributed by atoms with E-state index in [1.165, 1.54) is 24.3 Å². The van der Waals surface area contributed by atoms with Crippen LogP contribution in [0.2, 0.25) is 0 Å². The van der Waals surface area contributed by atoms with Crippen molar-refractivity contribution in [1.82, 2.24) is 0 Å². The summed E-state index contributed by atoms with van der Waals surface area (Å²) in [7, 11) is 0. The van der Waals surface area contributed by atoms with Crippen LogP contribution < -0.4 is 15.0 Å². The second-order valence-corrected chi connectivity index (χ2v) is 5.48. The fraction of sp³-hybridized carbons (Fsp3) is 0.222. The van der Waals surface area contributed by atoms with Gasteiger partial charge < -0.3 is 15.0 Å². The fourth-order valence-corrected chi connectivity index (χ4v) is 2.55. The summed E-state index contributed by atoms with van der Waals surface area (Å²) in [4.78, 5) is 25.9. The fourth-order valence-electron chi connectivity index (χ4n) is 2.55. The summed E-state index contributed by atoms with van der Waals surface area (Å²) in [5, 5.41) is 2.75. The quantitative estimate of drug-likeness (QED) is 0.937. The SMILES string of the molecule is CCCN1C(=O)COc2ccc(NC(=O)c3ccc(F)cc3)cc21. The molecule has 1 N–H and O–H groups in total. The summed E-state index contributed by atoms with van der Waals surface area (Å²) in [6.45, 7) is 2.60. The van der Waals surface area contributed by atoms with Crippen LogP contribution in [0.15, 0.2) is 42.5 Å². The van der Waals surface area contributed by atoms with Gasteiger partial charge in [0.25, 0.3) is 11.8 Å². The largest absolute Gasteiger partial charge is 0.482 e. The van der Waals surface area contributed by atoms with Crippen molar-refractivity contribution in [3.63, 3.8) is 0 Å². The van der Waals surface area contributed by atoms with E-state index < -0.39 is 5.82 Å². The lowest BCUT2D eigenvalue weighted by Crippen LogP contribution is -2.39. The third-order valence-corrected chi connectivity index (χ3v) is 3.71. The number of nitrogens with zero attached hydrogens (tertiary/aromatic N) is 1. The van der Waals surface area contributed by atoms with Crippen LogP contribution in [0.25, 0.3) is 0 Å². The zero-order valence-electron chi connectivity index (χ0n) is 13.2. The topological polar surface area (TPSA) is 58.6 Å². The average molecular weight is 328 g/mol. The molecule has 2 aromatic rings. The highest BCUT2D eigenvalue weighted by atomic mass is 19.1. The first-order chi connectivity index (χ1) is 11.6. The molecule has 0 spiro atoms. The molecule has 1 heterocycles. The van der Waals surface area contributed by atoms with Crippen molar-refractivity contribution in [2.24, 2.45) is 0 Å². The van der Waals surface area contributed by atoms with E-state index in [0.717, 1.165) is 6.42 Å². The van der Waals surface area contributed by atoms with Crippen LogP contribution in [0.1, 0.15) is 23.7 Å². The van der Waals surface area contributed by atoms with Crippen molar-refractivity contribution >= 4 is 23.2 Å². The van der Waals surface area contributed by atoms with Crippen molar-refractivity contribution in [2.45, 2.75) is 13.3 Å². The molecule has 0 aliphatic carbocycles. The van der Waals surface area contributed by atoms with Gasteiger partial charge in [0.1, 0.15) is 11.6 Å². The number of rotatable bonds is 4. The summed E-state index contributed by atoms with van der Waals surface area (Å²) >= 11 is 0. The highest BCUT2D eigenvalue weighted by Gasteiger charge is 2.25. The minimum Gasteiger partial charge on any atom is -0.482 e. The van der Waals surface area contributed by atoms with Crippen LogP contribution >= 0.6 is 0 Å². The zero-order valence-corrected chi connectivity index (χ0v) is 13.2. The van der Waals surface area contributed by atoms with Gasteiger partial charge in [0, 0.05) is 17.8 Å². The average Bonchev–Trinajstić information content (AvgIpc) is 2.58. The smallest absolute Gasteiger partial charge is 0.265 e. The summed E-state index contributed by atoms with van der Waals surface area (Å²) in [5.41, 5.74) is 1.54. The Hall–Kier alpha value is -2.89. The molecule has 0 fully saturated rings. The predicted molar refractivity (Wildman–Crippen MR) is 88.9 cm³/mol. The maximum Gasteiger partial charge on any atom is 0.265 e. The molecule has 1 aliphatic heterocycles. The first-order valence-electron chi connectivity index (χ1n) is 7.72. The molecule has 0 aromatic heterocycles. The lowest BCUT2D eigenvalue weighted by Gasteiger charge is -2.29. The van der Waals surface area contributed by atoms with Gasteiger partial charge in [0.05, 0.1) is 5.69 Å². The van der Waals surface area contributed by atoms with Gasteiger partial charge >= 0.3 is 0 Å². The van der Waals surface area contributed by atoms with Crippen molar-refractivity contribution < 1.29 is 18.7 Å². The lowest BCUT2D eigenvalue weighted by molar-refractivity contribution is -0.121. The number of benzene rings is 2. The standard InChI is InChI=1S/C18H17FN2O3/c1-2-9-21-15-10-14(7-8-16(15)24-11-17(21)22)20-18(23)12-3-5-13(19)6-4-12/h3-8,10H,2,9,11H2,1H3,(H,20,23). The second kappa shape index (κ2) is 6.70. The Kier molecular flexibility index (Phi) is 4.46. The number of halogens is 1. The highest BCUT2D eigenvalue weighted by Crippen LogP contribution is 2.34. The van der Waals surface area contributed by atoms with Gasteiger partial charge in [-0.15, -0.1) is 0 Å². The Bertz CT molecular complexity index is 774. The van der Waals surface area contributed by atoms with Crippen LogP contribution in [0, 0.1) is 5.82 Å². The number of carbonyl (C=O) groups is 2. The van der Waals surface area contributed by atoms with Gasteiger partial charge in [0.2, 0.25) is 0 Å². The first-order valence-corrected chi connectivity index (χ1v) is 7.72. The van der Waals surface area contributed by atoms with Crippen LogP contribution in [0.4, 0.5) is 15.8 Å². The van der Waals surface area contributed by atoms with Crippen LogP contribution in [-0.2, 0) is 4.79 Å². The number of anilines is 2. The van der Waals surface area contributed by atoms with E-state index >= 15 is 0 Å². The van der Waals surface area contributed by atoms with E-state index in [1.807, 2.05) is 6.92 Å². The summed E-state index contributed by atoms with van der Waals surface area (Å²) < 4.78 is 18.4. The molecule has 3 rings (SSSR count). The predicted octanol–water partition coefficient (Wildman–Crippen LogP) is 3.21. The second-order valence-electron chi connectivity index (χ2n) is 5.48. The van der Waals surface area contributed by atoms with Crippen molar-refractivity contribution in [3.8, 4) is 5.75 Å². The van der Waals surface area contributed by atoms with E-state index in [1.54, 1.807) is 23.1 Å². The zero-order chi connectivity index (χ0) is 17.1. The molecular formula is C18H17FN2O3. The summed E-state index contributed by atoms with van der Waals surface area (Å²) in [6, 6.07) is 10.4. The molecule has 1 aliphatic rings. The van der Waals surface area contributed by atoms with Gasteiger partial charge in [-0.1, -0.05) is 6.92 Å². The Balaban J connectivity index is 1.84. The number of amides is 2. The van der Waals surface area contributed by atoms with Gasteiger partial charge in [-0.25, -0.2) is 4.39 Å². The number of hydrogen-bond acceptors (Lipinski definition) is 3. The molecular weight excluding hydrogens is 311 g/mol. The van der Waals surface area contributed by atoms with Crippen molar-refractivity contribution in [2.75, 3.05) is 23.4 Å². The molecule has 2 amide bonds. The number of nitrogens with one attached hydrogen (secondary N) is 1. The van der Waals surface area contributed by atoms with Crippen molar-refractivity contribution in [1.29, 1.82) is 0 Å². The monoisotopic (exact) mass is 328 g/mol. The minimum atomic E-state index is -0.397. The van der Waals surface area contributed by atoms with Crippen LogP contribution in [0.3, 0.4) is 0 Å². The molecule has 0 atom stereocenters. The molecule has 5 nitrogen and oxygen atoms in total. The Labute approximate surface area is 139 Å². The third kappa shape index (κ3) is 3.22. The van der Waals surface area contributed by atoms with E-state index in [9.17, 15) is 14.0 Å². The molecule has 0 saturated heterocycles. The number of ether oxygens (including phenoxy) is 1. The molecule has 2 aromatic carbocycles. The molecule has 0 radical (unpaired) electrons. The van der Waals surface area contributed by atoms with E-state index in [4.69, 9.17) is 4.74 Å². The molecule has 0 saturated carbocycles. The normalized spacial score (nSPS) is 13.2. The maximum atomic E-state index is 12.9. The summed E-state index contributed by atoms with van der Waals surface area (Å²) in [5.74, 6) is -0.236. The first kappa shape index (κ1) is 16.0. The van der Waals surface area contributed by atoms with Gasteiger partial charge in [-0.3, -0.25) is 9.59 Å². The van der Waals surface area contributed by atoms with E-state index in [2.05, 4.69) is 5.32 Å². The van der Waals surface area contributed by atoms with Gasteiger partial charge in [0.15, 0.2) is 6.61 Å². The molecule has 0 unspecified atom stereocenters. The number of fused-ring (bicyclic) bond motifs is 1. The molecule has 124 valence electrons. The summed E-state index contributed by atoms with van der Waals surface area (Å²) in [6.07, 6.45) is 0.817. The Morgan fingerprint density at radius 2 is 2.00 bits per heavy atom. The Morgan fingerprint density at radius 1 is 1.25 bits per heavy atom. The number of carbonyl (C=O) groups excluding carboxylic acids is 2. The van der Waals surface area contributed by atoms with Gasteiger partial charge in [-0.05, 0) is 48.9 Å². The van der Waals surface area contributed by atoms with Crippen molar-refractivity contribution in [3.05, 3.63) is 53.8 Å². The van der Waals surface area contributed by atoms with Gasteiger partial charge in [-0.2, -0.15) is 0 Å². The maximum absolute atomic E-state index is 12.9. The minimum absolute atomic E-state index is 0.0221. The number of hydrogen-bond donors (Lipinski definition) is 1. The molecule has 24 heavy (non-hydrogen) atoms. The van der Waals surface area contributed by atoms with E-state index in [0.29, 0.717) is 29.2 Å². The molecule has 0 bridgehead atoms. The molecule has 6 heteroatoms. The van der Waals surface area contributed by atoms with Crippen LogP contribution in [0.5, 0.6) is 5.75 Å². The van der Waals surface area contributed by atoms with E-state index in [-0.39, 0.29) is 18.4 Å². The lowest BCUT2D eigenvalue weighted by atomic mass is 10.1.